The van der Waals surface area contributed by atoms with Gasteiger partial charge in [-0.1, -0.05) is 72.6 Å². The van der Waals surface area contributed by atoms with Gasteiger partial charge in [-0.3, -0.25) is 9.59 Å². The monoisotopic (exact) mass is 576 g/mol. The van der Waals surface area contributed by atoms with Gasteiger partial charge in [-0.15, -0.1) is 0 Å². The number of ether oxygens (including phenoxy) is 1. The first-order valence-corrected chi connectivity index (χ1v) is 12.8. The highest BCUT2D eigenvalue weighted by molar-refractivity contribution is 9.10. The quantitative estimate of drug-likeness (QED) is 0.317. The molecule has 0 heterocycles. The molecule has 0 aliphatic rings. The van der Waals surface area contributed by atoms with Crippen LogP contribution in [0.25, 0.3) is 0 Å². The fraction of sp³-hybridized carbons (Fsp3) is 0.259. The molecule has 0 unspecified atom stereocenters. The van der Waals surface area contributed by atoms with E-state index in [0.717, 1.165) is 22.0 Å². The van der Waals surface area contributed by atoms with E-state index >= 15 is 0 Å². The average molecular weight is 578 g/mol. The molecule has 0 aliphatic heterocycles. The molecular formula is C27H27BrCl2N2O3. The molecule has 0 spiro atoms. The number of carbonyl (C=O) groups excluding carboxylic acids is 2. The van der Waals surface area contributed by atoms with Crippen LogP contribution >= 0.6 is 39.1 Å². The van der Waals surface area contributed by atoms with Crippen molar-refractivity contribution in [1.82, 2.24) is 10.2 Å². The number of halogens is 3. The first-order valence-electron chi connectivity index (χ1n) is 11.2. The summed E-state index contributed by atoms with van der Waals surface area (Å²) in [6.07, 6.45) is 1.21. The molecule has 0 fully saturated rings. The molecule has 0 aliphatic carbocycles. The summed E-state index contributed by atoms with van der Waals surface area (Å²) in [7, 11) is 1.55. The molecule has 0 saturated carbocycles. The second-order valence-corrected chi connectivity index (χ2v) is 9.62. The highest BCUT2D eigenvalue weighted by Gasteiger charge is 2.31. The van der Waals surface area contributed by atoms with Crippen LogP contribution in [0.3, 0.4) is 0 Å². The van der Waals surface area contributed by atoms with E-state index in [2.05, 4.69) is 28.2 Å². The van der Waals surface area contributed by atoms with E-state index in [1.165, 1.54) is 4.90 Å². The van der Waals surface area contributed by atoms with Gasteiger partial charge >= 0.3 is 0 Å². The summed E-state index contributed by atoms with van der Waals surface area (Å²) in [5.74, 6) is -0.110. The predicted molar refractivity (Wildman–Crippen MR) is 144 cm³/mol. The lowest BCUT2D eigenvalue weighted by Gasteiger charge is -2.31. The molecule has 3 rings (SSSR count). The van der Waals surface area contributed by atoms with Crippen molar-refractivity contribution in [2.75, 3.05) is 13.7 Å². The summed E-state index contributed by atoms with van der Waals surface area (Å²) in [4.78, 5) is 28.0. The minimum absolute atomic E-state index is 0.0571. The number of likely N-dealkylation sites (N-methyl/N-ethyl adjacent to an activating group) is 1. The van der Waals surface area contributed by atoms with Gasteiger partial charge in [0.1, 0.15) is 11.8 Å². The number of hydrogen-bond acceptors (Lipinski definition) is 3. The summed E-state index contributed by atoms with van der Waals surface area (Å²) in [6, 6.07) is 19.6. The van der Waals surface area contributed by atoms with E-state index in [0.29, 0.717) is 27.8 Å². The Morgan fingerprint density at radius 1 is 1.00 bits per heavy atom. The molecular weight excluding hydrogens is 551 g/mol. The Balaban J connectivity index is 1.92. The van der Waals surface area contributed by atoms with Gasteiger partial charge in [-0.05, 0) is 57.7 Å². The van der Waals surface area contributed by atoms with Crippen molar-refractivity contribution in [3.05, 3.63) is 97.9 Å². The summed E-state index contributed by atoms with van der Waals surface area (Å²) in [5, 5.41) is 3.53. The van der Waals surface area contributed by atoms with Crippen molar-refractivity contribution in [2.45, 2.75) is 32.4 Å². The second kappa shape index (κ2) is 13.0. The highest BCUT2D eigenvalue weighted by Crippen LogP contribution is 2.29. The summed E-state index contributed by atoms with van der Waals surface area (Å²) in [5.41, 5.74) is 2.63. The molecule has 2 amide bonds. The van der Waals surface area contributed by atoms with Gasteiger partial charge in [-0.25, -0.2) is 0 Å². The van der Waals surface area contributed by atoms with Crippen molar-refractivity contribution >= 4 is 50.9 Å². The van der Waals surface area contributed by atoms with Crippen LogP contribution in [-0.4, -0.2) is 36.4 Å². The third-order valence-corrected chi connectivity index (χ3v) is 6.99. The number of carbonyl (C=O) groups is 2. The van der Waals surface area contributed by atoms with Crippen LogP contribution in [0.15, 0.2) is 71.2 Å². The van der Waals surface area contributed by atoms with E-state index in [4.69, 9.17) is 27.9 Å². The van der Waals surface area contributed by atoms with Crippen molar-refractivity contribution in [1.29, 1.82) is 0 Å². The van der Waals surface area contributed by atoms with Crippen LogP contribution in [-0.2, 0) is 29.0 Å². The largest absolute Gasteiger partial charge is 0.483 e. The SMILES string of the molecule is CCc1ccc(OCC(=O)N(Cc2c(Cl)cccc2Cl)[C@@H](Cc2ccccc2)C(=O)NC)c(Br)c1. The number of amides is 2. The number of nitrogens with zero attached hydrogens (tertiary/aromatic N) is 1. The van der Waals surface area contributed by atoms with E-state index in [9.17, 15) is 9.59 Å². The summed E-state index contributed by atoms with van der Waals surface area (Å²) < 4.78 is 6.62. The first-order chi connectivity index (χ1) is 16.8. The van der Waals surface area contributed by atoms with Gasteiger partial charge in [0, 0.05) is 35.6 Å². The van der Waals surface area contributed by atoms with Gasteiger partial charge in [0.25, 0.3) is 5.91 Å². The molecule has 1 atom stereocenters. The lowest BCUT2D eigenvalue weighted by atomic mass is 10.0. The van der Waals surface area contributed by atoms with Crippen molar-refractivity contribution in [3.63, 3.8) is 0 Å². The van der Waals surface area contributed by atoms with Crippen molar-refractivity contribution in [3.8, 4) is 5.75 Å². The van der Waals surface area contributed by atoms with E-state index in [-0.39, 0.29) is 25.0 Å². The number of rotatable bonds is 10. The normalized spacial score (nSPS) is 11.6. The Morgan fingerprint density at radius 3 is 2.29 bits per heavy atom. The van der Waals surface area contributed by atoms with Crippen LogP contribution in [0.2, 0.25) is 10.0 Å². The minimum atomic E-state index is -0.795. The van der Waals surface area contributed by atoms with Crippen LogP contribution in [0.5, 0.6) is 5.75 Å². The topological polar surface area (TPSA) is 58.6 Å². The third-order valence-electron chi connectivity index (χ3n) is 5.66. The Labute approximate surface area is 224 Å². The minimum Gasteiger partial charge on any atom is -0.483 e. The average Bonchev–Trinajstić information content (AvgIpc) is 2.86. The van der Waals surface area contributed by atoms with Crippen LogP contribution in [0.4, 0.5) is 0 Å². The molecule has 0 bridgehead atoms. The van der Waals surface area contributed by atoms with Crippen LogP contribution < -0.4 is 10.1 Å². The Kier molecular flexibility index (Phi) is 10.0. The maximum atomic E-state index is 13.5. The Hall–Kier alpha value is -2.54. The molecule has 0 saturated heterocycles. The van der Waals surface area contributed by atoms with E-state index in [1.807, 2.05) is 48.5 Å². The number of aryl methyl sites for hydroxylation is 1. The van der Waals surface area contributed by atoms with Gasteiger partial charge in [0.05, 0.1) is 4.47 Å². The lowest BCUT2D eigenvalue weighted by Crippen LogP contribution is -2.51. The van der Waals surface area contributed by atoms with Gasteiger partial charge in [0.2, 0.25) is 5.91 Å². The Bertz CT molecular complexity index is 1150. The predicted octanol–water partition coefficient (Wildman–Crippen LogP) is 6.08. The fourth-order valence-corrected chi connectivity index (χ4v) is 4.74. The fourth-order valence-electron chi connectivity index (χ4n) is 3.68. The second-order valence-electron chi connectivity index (χ2n) is 7.95. The molecule has 5 nitrogen and oxygen atoms in total. The number of hydrogen-bond donors (Lipinski definition) is 1. The summed E-state index contributed by atoms with van der Waals surface area (Å²) >= 11 is 16.3. The van der Waals surface area contributed by atoms with Gasteiger partial charge in [0.15, 0.2) is 6.61 Å². The maximum Gasteiger partial charge on any atom is 0.261 e. The van der Waals surface area contributed by atoms with Crippen molar-refractivity contribution < 1.29 is 14.3 Å². The molecule has 8 heteroatoms. The standard InChI is InChI=1S/C27H27BrCl2N2O3/c1-3-18-12-13-25(21(28)14-18)35-17-26(33)32(16-20-22(29)10-7-11-23(20)30)24(27(34)31-2)15-19-8-5-4-6-9-19/h4-14,24H,3,15-17H2,1-2H3,(H,31,34)/t24-/m0/s1. The molecule has 0 aromatic heterocycles. The van der Waals surface area contributed by atoms with Crippen LogP contribution in [0, 0.1) is 0 Å². The molecule has 3 aromatic carbocycles. The molecule has 35 heavy (non-hydrogen) atoms. The van der Waals surface area contributed by atoms with Crippen LogP contribution in [0.1, 0.15) is 23.6 Å². The molecule has 184 valence electrons. The zero-order valence-corrected chi connectivity index (χ0v) is 22.7. The highest BCUT2D eigenvalue weighted by atomic mass is 79.9. The van der Waals surface area contributed by atoms with Gasteiger partial charge < -0.3 is 15.0 Å². The zero-order valence-electron chi connectivity index (χ0n) is 19.6. The number of nitrogens with one attached hydrogen (secondary N) is 1. The summed E-state index contributed by atoms with van der Waals surface area (Å²) in [6.45, 7) is 1.87. The maximum absolute atomic E-state index is 13.5. The smallest absolute Gasteiger partial charge is 0.261 e. The molecule has 0 radical (unpaired) electrons. The molecule has 3 aromatic rings. The third kappa shape index (κ3) is 7.23. The van der Waals surface area contributed by atoms with E-state index in [1.54, 1.807) is 25.2 Å². The van der Waals surface area contributed by atoms with Crippen molar-refractivity contribution in [2.24, 2.45) is 0 Å². The Morgan fingerprint density at radius 2 is 1.69 bits per heavy atom. The lowest BCUT2D eigenvalue weighted by molar-refractivity contribution is -0.142. The molecule has 1 N–H and O–H groups in total. The van der Waals surface area contributed by atoms with E-state index < -0.39 is 6.04 Å². The first kappa shape index (κ1) is 27.1. The zero-order chi connectivity index (χ0) is 25.4. The number of benzene rings is 3. The van der Waals surface area contributed by atoms with Gasteiger partial charge in [-0.2, -0.15) is 0 Å².